The third-order valence-electron chi connectivity index (χ3n) is 8.88. The first-order valence-corrected chi connectivity index (χ1v) is 14.6. The third kappa shape index (κ3) is 5.39. The highest BCUT2D eigenvalue weighted by Gasteiger charge is 2.52. The summed E-state index contributed by atoms with van der Waals surface area (Å²) in [6.07, 6.45) is 7.48. The second kappa shape index (κ2) is 10.7. The molecular weight excluding hydrogens is 534 g/mol. The normalized spacial score (nSPS) is 29.3. The number of halogens is 1. The van der Waals surface area contributed by atoms with Crippen molar-refractivity contribution in [3.05, 3.63) is 53.6 Å². The molecule has 1 N–H and O–H groups in total. The van der Waals surface area contributed by atoms with Gasteiger partial charge in [0, 0.05) is 17.3 Å². The quantitative estimate of drug-likeness (QED) is 0.394. The Kier molecular flexibility index (Phi) is 7.29. The van der Waals surface area contributed by atoms with E-state index >= 15 is 0 Å². The average Bonchev–Trinajstić information content (AvgIpc) is 3.12. The number of amides is 2. The van der Waals surface area contributed by atoms with E-state index in [9.17, 15) is 9.59 Å². The number of carbonyl (C=O) groups is 2. The number of rotatable bonds is 9. The molecule has 7 nitrogen and oxygen atoms in total. The van der Waals surface area contributed by atoms with Crippen LogP contribution >= 0.6 is 23.8 Å². The van der Waals surface area contributed by atoms with Crippen LogP contribution in [0.4, 0.5) is 11.4 Å². The largest absolute Gasteiger partial charge is 0.497 e. The molecule has 2 aromatic carbocycles. The first-order valence-electron chi connectivity index (χ1n) is 13.8. The van der Waals surface area contributed by atoms with Gasteiger partial charge in [0.05, 0.1) is 31.4 Å². The van der Waals surface area contributed by atoms with Gasteiger partial charge in [0.2, 0.25) is 5.91 Å². The van der Waals surface area contributed by atoms with Crippen LogP contribution in [0, 0.1) is 17.8 Å². The minimum atomic E-state index is -0.716. The van der Waals surface area contributed by atoms with Crippen molar-refractivity contribution in [1.29, 1.82) is 0 Å². The third-order valence-corrected chi connectivity index (χ3v) is 9.55. The van der Waals surface area contributed by atoms with Crippen molar-refractivity contribution in [2.75, 3.05) is 30.5 Å². The second-order valence-corrected chi connectivity index (χ2v) is 12.4. The van der Waals surface area contributed by atoms with Crippen LogP contribution in [0.3, 0.4) is 0 Å². The van der Waals surface area contributed by atoms with Crippen molar-refractivity contribution in [3.8, 4) is 5.75 Å². The Morgan fingerprint density at radius 1 is 1.03 bits per heavy atom. The van der Waals surface area contributed by atoms with Gasteiger partial charge in [0.15, 0.2) is 5.11 Å². The Morgan fingerprint density at radius 3 is 2.23 bits per heavy atom. The van der Waals surface area contributed by atoms with Gasteiger partial charge in [0.1, 0.15) is 11.8 Å². The zero-order chi connectivity index (χ0) is 27.1. The molecule has 1 heterocycles. The van der Waals surface area contributed by atoms with Crippen LogP contribution in [0.15, 0.2) is 48.5 Å². The Balaban J connectivity index is 1.16. The Hall–Kier alpha value is -2.68. The summed E-state index contributed by atoms with van der Waals surface area (Å²) in [7, 11) is 1.59. The maximum Gasteiger partial charge on any atom is 0.256 e. The number of methoxy groups -OCH3 is 1. The molecule has 4 bridgehead atoms. The van der Waals surface area contributed by atoms with Crippen LogP contribution in [-0.2, 0) is 14.3 Å². The number of nitrogens with zero attached hydrogens (tertiary/aromatic N) is 2. The molecule has 1 unspecified atom stereocenters. The lowest BCUT2D eigenvalue weighted by atomic mass is 9.54. The number of hydrogen-bond donors (Lipinski definition) is 1. The fourth-order valence-corrected chi connectivity index (χ4v) is 8.09. The summed E-state index contributed by atoms with van der Waals surface area (Å²) in [6, 6.07) is 13.4. The van der Waals surface area contributed by atoms with E-state index in [1.807, 2.05) is 4.90 Å². The zero-order valence-electron chi connectivity index (χ0n) is 22.1. The lowest BCUT2D eigenvalue weighted by molar-refractivity contribution is -0.163. The molecule has 4 saturated carbocycles. The fraction of sp³-hybridized carbons (Fsp3) is 0.500. The van der Waals surface area contributed by atoms with Crippen molar-refractivity contribution in [3.63, 3.8) is 0 Å². The van der Waals surface area contributed by atoms with E-state index in [1.165, 1.54) is 24.2 Å². The highest BCUT2D eigenvalue weighted by molar-refractivity contribution is 7.80. The standard InChI is InChI=1S/C30H34ClN3O4S/c1-37-25-8-4-23(5-9-25)32-27(35)15-26-28(36)34(24-6-2-22(31)3-7-24)29(39)33(26)10-11-38-30-16-19-12-20(17-30)14-21(13-19)18-30/h2-9,19-21,26H,10-18H2,1H3,(H,32,35). The molecule has 7 rings (SSSR count). The summed E-state index contributed by atoms with van der Waals surface area (Å²) in [5.74, 6) is 2.60. The lowest BCUT2D eigenvalue weighted by Crippen LogP contribution is -2.52. The number of thiocarbonyl (C=S) groups is 1. The van der Waals surface area contributed by atoms with Crippen LogP contribution in [0.1, 0.15) is 44.9 Å². The van der Waals surface area contributed by atoms with E-state index in [4.69, 9.17) is 33.3 Å². The van der Waals surface area contributed by atoms with E-state index in [0.29, 0.717) is 40.4 Å². The molecule has 2 aromatic rings. The Bertz CT molecular complexity index is 1220. The molecule has 39 heavy (non-hydrogen) atoms. The molecule has 206 valence electrons. The van der Waals surface area contributed by atoms with Crippen molar-refractivity contribution >= 4 is 52.1 Å². The first-order chi connectivity index (χ1) is 18.8. The molecule has 1 atom stereocenters. The van der Waals surface area contributed by atoms with Gasteiger partial charge in [-0.2, -0.15) is 0 Å². The van der Waals surface area contributed by atoms with Gasteiger partial charge in [-0.15, -0.1) is 0 Å². The van der Waals surface area contributed by atoms with Crippen LogP contribution in [0.25, 0.3) is 0 Å². The van der Waals surface area contributed by atoms with E-state index < -0.39 is 6.04 Å². The maximum atomic E-state index is 13.7. The highest BCUT2D eigenvalue weighted by atomic mass is 35.5. The monoisotopic (exact) mass is 567 g/mol. The molecule has 0 aromatic heterocycles. The first kappa shape index (κ1) is 26.5. The van der Waals surface area contributed by atoms with Gasteiger partial charge < -0.3 is 19.7 Å². The minimum Gasteiger partial charge on any atom is -0.497 e. The van der Waals surface area contributed by atoms with E-state index in [2.05, 4.69) is 5.32 Å². The van der Waals surface area contributed by atoms with Crippen molar-refractivity contribution in [2.45, 2.75) is 56.6 Å². The lowest BCUT2D eigenvalue weighted by Gasteiger charge is -2.56. The summed E-state index contributed by atoms with van der Waals surface area (Å²) in [5, 5.41) is 3.86. The van der Waals surface area contributed by atoms with Crippen molar-refractivity contribution in [2.24, 2.45) is 17.8 Å². The summed E-state index contributed by atoms with van der Waals surface area (Å²) < 4.78 is 11.8. The highest BCUT2D eigenvalue weighted by Crippen LogP contribution is 2.57. The molecule has 4 aliphatic carbocycles. The SMILES string of the molecule is COc1ccc(NC(=O)CC2C(=O)N(c3ccc(Cl)cc3)C(=S)N2CCOC23CC4CC(CC(C4)C2)C3)cc1. The molecule has 0 radical (unpaired) electrons. The van der Waals surface area contributed by atoms with Gasteiger partial charge in [-0.25, -0.2) is 0 Å². The minimum absolute atomic E-state index is 0.0214. The predicted molar refractivity (Wildman–Crippen MR) is 155 cm³/mol. The zero-order valence-corrected chi connectivity index (χ0v) is 23.7. The van der Waals surface area contributed by atoms with Crippen LogP contribution in [-0.4, -0.2) is 53.7 Å². The molecule has 5 fully saturated rings. The molecular formula is C30H34ClN3O4S. The number of ether oxygens (including phenoxy) is 2. The van der Waals surface area contributed by atoms with E-state index in [0.717, 1.165) is 37.0 Å². The predicted octanol–water partition coefficient (Wildman–Crippen LogP) is 5.66. The van der Waals surface area contributed by atoms with Gasteiger partial charge >= 0.3 is 0 Å². The molecule has 2 amide bonds. The van der Waals surface area contributed by atoms with Crippen LogP contribution in [0.2, 0.25) is 5.02 Å². The number of benzene rings is 2. The maximum absolute atomic E-state index is 13.7. The van der Waals surface area contributed by atoms with Gasteiger partial charge in [-0.3, -0.25) is 14.5 Å². The van der Waals surface area contributed by atoms with E-state index in [-0.39, 0.29) is 23.8 Å². The topological polar surface area (TPSA) is 71.1 Å². The van der Waals surface area contributed by atoms with Gasteiger partial charge in [0.25, 0.3) is 5.91 Å². The molecule has 1 aliphatic heterocycles. The molecule has 1 saturated heterocycles. The Labute approximate surface area is 239 Å². The summed E-state index contributed by atoms with van der Waals surface area (Å²) in [6.45, 7) is 0.932. The van der Waals surface area contributed by atoms with Crippen molar-refractivity contribution in [1.82, 2.24) is 4.90 Å². The molecule has 0 spiro atoms. The van der Waals surface area contributed by atoms with Crippen LogP contribution < -0.4 is 15.0 Å². The molecule has 5 aliphatic rings. The number of nitrogens with one attached hydrogen (secondary N) is 1. The summed E-state index contributed by atoms with van der Waals surface area (Å²) in [5.41, 5.74) is 1.25. The van der Waals surface area contributed by atoms with Crippen molar-refractivity contribution < 1.29 is 19.1 Å². The fourth-order valence-electron chi connectivity index (χ4n) is 7.55. The Morgan fingerprint density at radius 2 is 1.64 bits per heavy atom. The number of anilines is 2. The van der Waals surface area contributed by atoms with Gasteiger partial charge in [-0.05, 0) is 117 Å². The summed E-state index contributed by atoms with van der Waals surface area (Å²) >= 11 is 11.9. The second-order valence-electron chi connectivity index (χ2n) is 11.6. The average molecular weight is 568 g/mol. The van der Waals surface area contributed by atoms with E-state index in [1.54, 1.807) is 55.6 Å². The number of hydrogen-bond acceptors (Lipinski definition) is 5. The summed E-state index contributed by atoms with van der Waals surface area (Å²) in [4.78, 5) is 30.2. The van der Waals surface area contributed by atoms with Crippen LogP contribution in [0.5, 0.6) is 5.75 Å². The molecule has 9 heteroatoms. The number of carbonyl (C=O) groups excluding carboxylic acids is 2. The smallest absolute Gasteiger partial charge is 0.256 e. The van der Waals surface area contributed by atoms with Gasteiger partial charge in [-0.1, -0.05) is 11.6 Å².